The van der Waals surface area contributed by atoms with Crippen molar-refractivity contribution in [1.29, 1.82) is 0 Å². The van der Waals surface area contributed by atoms with Gasteiger partial charge in [0.1, 0.15) is 6.04 Å². The molecule has 3 rings (SSSR count). The minimum absolute atomic E-state index is 0.0733. The van der Waals surface area contributed by atoms with Gasteiger partial charge in [0.2, 0.25) is 5.91 Å². The quantitative estimate of drug-likeness (QED) is 0.868. The number of nitrogens with zero attached hydrogens (tertiary/aromatic N) is 2. The molecule has 1 aliphatic heterocycles. The Balaban J connectivity index is 1.82. The normalized spacial score (nSPS) is 17.4. The van der Waals surface area contributed by atoms with E-state index in [1.54, 1.807) is 16.8 Å². The van der Waals surface area contributed by atoms with Crippen LogP contribution < -0.4 is 0 Å². The number of rotatable bonds is 6. The molecule has 0 aliphatic carbocycles. The van der Waals surface area contributed by atoms with Gasteiger partial charge < -0.3 is 10.0 Å². The lowest BCUT2D eigenvalue weighted by atomic mass is 9.97. The summed E-state index contributed by atoms with van der Waals surface area (Å²) < 4.78 is 0. The van der Waals surface area contributed by atoms with Crippen molar-refractivity contribution in [1.82, 2.24) is 9.80 Å². The molecule has 1 fully saturated rings. The zero-order chi connectivity index (χ0) is 18.5. The average molecular weight is 352 g/mol. The number of aliphatic carboxylic acids is 1. The zero-order valence-electron chi connectivity index (χ0n) is 14.9. The molecule has 0 saturated carbocycles. The van der Waals surface area contributed by atoms with E-state index in [-0.39, 0.29) is 18.5 Å². The highest BCUT2D eigenvalue weighted by Gasteiger charge is 2.33. The number of benzene rings is 2. The Morgan fingerprint density at radius 3 is 2.12 bits per heavy atom. The smallest absolute Gasteiger partial charge is 0.320 e. The Morgan fingerprint density at radius 1 is 1.08 bits per heavy atom. The largest absolute Gasteiger partial charge is 0.480 e. The van der Waals surface area contributed by atoms with E-state index in [2.05, 4.69) is 0 Å². The summed E-state index contributed by atoms with van der Waals surface area (Å²) in [6.45, 7) is 0.779. The SMILES string of the molecule is CN(C(=O)CN1CCC[C@H]1C(=O)O)C(c1ccccc1)c1ccccc1. The first kappa shape index (κ1) is 18.1. The number of amides is 1. The van der Waals surface area contributed by atoms with Gasteiger partial charge in [-0.1, -0.05) is 60.7 Å². The number of carbonyl (C=O) groups excluding carboxylic acids is 1. The Bertz CT molecular complexity index is 709. The van der Waals surface area contributed by atoms with Crippen molar-refractivity contribution in [3.63, 3.8) is 0 Å². The summed E-state index contributed by atoms with van der Waals surface area (Å²) in [5.74, 6) is -0.920. The highest BCUT2D eigenvalue weighted by atomic mass is 16.4. The van der Waals surface area contributed by atoms with Crippen molar-refractivity contribution in [2.75, 3.05) is 20.1 Å². The molecular formula is C21H24N2O3. The molecule has 1 N–H and O–H groups in total. The van der Waals surface area contributed by atoms with E-state index in [1.807, 2.05) is 60.7 Å². The molecule has 1 saturated heterocycles. The summed E-state index contributed by atoms with van der Waals surface area (Å²) in [6, 6.07) is 19.0. The number of carbonyl (C=O) groups is 2. The summed E-state index contributed by atoms with van der Waals surface area (Å²) >= 11 is 0. The van der Waals surface area contributed by atoms with E-state index in [4.69, 9.17) is 0 Å². The topological polar surface area (TPSA) is 60.9 Å². The van der Waals surface area contributed by atoms with E-state index in [0.29, 0.717) is 13.0 Å². The number of likely N-dealkylation sites (tertiary alicyclic amines) is 1. The number of carboxylic acids is 1. The molecule has 1 atom stereocenters. The molecule has 1 aliphatic rings. The molecule has 0 bridgehead atoms. The molecule has 2 aromatic rings. The second-order valence-electron chi connectivity index (χ2n) is 6.70. The fourth-order valence-electron chi connectivity index (χ4n) is 3.63. The van der Waals surface area contributed by atoms with Crippen LogP contribution in [0.5, 0.6) is 0 Å². The van der Waals surface area contributed by atoms with Gasteiger partial charge in [0, 0.05) is 7.05 Å². The molecule has 1 heterocycles. The van der Waals surface area contributed by atoms with Crippen molar-refractivity contribution in [2.24, 2.45) is 0 Å². The van der Waals surface area contributed by atoms with Crippen LogP contribution in [-0.2, 0) is 9.59 Å². The first-order chi connectivity index (χ1) is 12.6. The van der Waals surface area contributed by atoms with Crippen LogP contribution in [0.2, 0.25) is 0 Å². The van der Waals surface area contributed by atoms with E-state index >= 15 is 0 Å². The summed E-state index contributed by atoms with van der Waals surface area (Å²) in [6.07, 6.45) is 1.42. The molecule has 5 heteroatoms. The number of carboxylic acid groups (broad SMARTS) is 1. The van der Waals surface area contributed by atoms with Crippen LogP contribution in [0.3, 0.4) is 0 Å². The lowest BCUT2D eigenvalue weighted by molar-refractivity contribution is -0.143. The monoisotopic (exact) mass is 352 g/mol. The van der Waals surface area contributed by atoms with Gasteiger partial charge >= 0.3 is 5.97 Å². The maximum Gasteiger partial charge on any atom is 0.320 e. The molecule has 1 amide bonds. The van der Waals surface area contributed by atoms with Gasteiger partial charge in [-0.3, -0.25) is 14.5 Å². The third-order valence-corrected chi connectivity index (χ3v) is 5.00. The standard InChI is InChI=1S/C21H24N2O3/c1-22(19(24)15-23-14-8-13-18(23)21(25)26)20(16-9-4-2-5-10-16)17-11-6-3-7-12-17/h2-7,9-12,18,20H,8,13-15H2,1H3,(H,25,26)/t18-/m0/s1. The summed E-state index contributed by atoms with van der Waals surface area (Å²) in [5, 5.41) is 9.33. The third kappa shape index (κ3) is 3.94. The first-order valence-corrected chi connectivity index (χ1v) is 8.90. The minimum Gasteiger partial charge on any atom is -0.480 e. The fourth-order valence-corrected chi connectivity index (χ4v) is 3.63. The maximum atomic E-state index is 12.9. The van der Waals surface area contributed by atoms with Gasteiger partial charge in [0.25, 0.3) is 0 Å². The molecule has 5 nitrogen and oxygen atoms in total. The van der Waals surface area contributed by atoms with Crippen molar-refractivity contribution in [2.45, 2.75) is 24.9 Å². The minimum atomic E-state index is -0.847. The molecule has 0 spiro atoms. The van der Waals surface area contributed by atoms with E-state index < -0.39 is 12.0 Å². The molecule has 0 radical (unpaired) electrons. The number of hydrogen-bond acceptors (Lipinski definition) is 3. The predicted octanol–water partition coefficient (Wildman–Crippen LogP) is 2.78. The lowest BCUT2D eigenvalue weighted by Gasteiger charge is -2.31. The molecule has 0 aromatic heterocycles. The third-order valence-electron chi connectivity index (χ3n) is 5.00. The Labute approximate surface area is 153 Å². The molecule has 0 unspecified atom stereocenters. The molecule has 26 heavy (non-hydrogen) atoms. The van der Waals surface area contributed by atoms with Crippen LogP contribution >= 0.6 is 0 Å². The van der Waals surface area contributed by atoms with Crippen LogP contribution in [0.25, 0.3) is 0 Å². The van der Waals surface area contributed by atoms with Crippen molar-refractivity contribution >= 4 is 11.9 Å². The molecular weight excluding hydrogens is 328 g/mol. The van der Waals surface area contributed by atoms with Crippen LogP contribution in [0.15, 0.2) is 60.7 Å². The summed E-state index contributed by atoms with van der Waals surface area (Å²) in [7, 11) is 1.79. The van der Waals surface area contributed by atoms with Gasteiger partial charge in [0.05, 0.1) is 12.6 Å². The van der Waals surface area contributed by atoms with Gasteiger partial charge in [-0.25, -0.2) is 0 Å². The summed E-state index contributed by atoms with van der Waals surface area (Å²) in [5.41, 5.74) is 2.07. The number of hydrogen-bond donors (Lipinski definition) is 1. The van der Waals surface area contributed by atoms with Crippen molar-refractivity contribution < 1.29 is 14.7 Å². The lowest BCUT2D eigenvalue weighted by Crippen LogP contribution is -2.44. The fraction of sp³-hybridized carbons (Fsp3) is 0.333. The van der Waals surface area contributed by atoms with Gasteiger partial charge in [-0.2, -0.15) is 0 Å². The van der Waals surface area contributed by atoms with Crippen LogP contribution in [0.1, 0.15) is 30.0 Å². The second kappa shape index (κ2) is 8.15. The van der Waals surface area contributed by atoms with E-state index in [9.17, 15) is 14.7 Å². The van der Waals surface area contributed by atoms with Gasteiger partial charge in [0.15, 0.2) is 0 Å². The van der Waals surface area contributed by atoms with Crippen LogP contribution in [0, 0.1) is 0 Å². The van der Waals surface area contributed by atoms with Gasteiger partial charge in [-0.05, 0) is 30.5 Å². The van der Waals surface area contributed by atoms with Crippen LogP contribution in [0.4, 0.5) is 0 Å². The maximum absolute atomic E-state index is 12.9. The van der Waals surface area contributed by atoms with Crippen LogP contribution in [-0.4, -0.2) is 53.0 Å². The van der Waals surface area contributed by atoms with E-state index in [1.165, 1.54) is 0 Å². The molecule has 136 valence electrons. The first-order valence-electron chi connectivity index (χ1n) is 8.90. The predicted molar refractivity (Wildman–Crippen MR) is 99.7 cm³/mol. The molecule has 2 aromatic carbocycles. The van der Waals surface area contributed by atoms with Gasteiger partial charge in [-0.15, -0.1) is 0 Å². The summed E-state index contributed by atoms with van der Waals surface area (Å²) in [4.78, 5) is 27.8. The highest BCUT2D eigenvalue weighted by Crippen LogP contribution is 2.28. The Kier molecular flexibility index (Phi) is 5.68. The second-order valence-corrected chi connectivity index (χ2v) is 6.70. The van der Waals surface area contributed by atoms with E-state index in [0.717, 1.165) is 17.5 Å². The van der Waals surface area contributed by atoms with Crippen molar-refractivity contribution in [3.8, 4) is 0 Å². The van der Waals surface area contributed by atoms with Crippen molar-refractivity contribution in [3.05, 3.63) is 71.8 Å². The Morgan fingerprint density at radius 2 is 1.62 bits per heavy atom. The Hall–Kier alpha value is -2.66. The number of likely N-dealkylation sites (N-methyl/N-ethyl adjacent to an activating group) is 1. The average Bonchev–Trinajstić information content (AvgIpc) is 3.12. The highest BCUT2D eigenvalue weighted by molar-refractivity contribution is 5.81. The zero-order valence-corrected chi connectivity index (χ0v) is 14.9.